The molecule has 110 valence electrons. The van der Waals surface area contributed by atoms with Gasteiger partial charge in [0.1, 0.15) is 5.75 Å². The number of carbonyl (C=O) groups is 1. The van der Waals surface area contributed by atoms with Crippen LogP contribution in [0.1, 0.15) is 48.1 Å². The van der Waals surface area contributed by atoms with Gasteiger partial charge in [-0.15, -0.1) is 0 Å². The van der Waals surface area contributed by atoms with Crippen LogP contribution in [0.25, 0.3) is 0 Å². The van der Waals surface area contributed by atoms with Crippen LogP contribution in [0.3, 0.4) is 0 Å². The summed E-state index contributed by atoms with van der Waals surface area (Å²) < 4.78 is 5.64. The number of ether oxygens (including phenoxy) is 1. The van der Waals surface area contributed by atoms with E-state index in [-0.39, 0.29) is 11.9 Å². The molecule has 0 saturated heterocycles. The molecule has 21 heavy (non-hydrogen) atoms. The molecule has 0 unspecified atom stereocenters. The van der Waals surface area contributed by atoms with Crippen LogP contribution in [-0.4, -0.2) is 22.1 Å². The predicted octanol–water partition coefficient (Wildman–Crippen LogP) is 3.37. The maximum absolute atomic E-state index is 12.7. The highest BCUT2D eigenvalue weighted by Gasteiger charge is 2.15. The summed E-state index contributed by atoms with van der Waals surface area (Å²) in [5, 5.41) is 8.13. The van der Waals surface area contributed by atoms with E-state index in [1.807, 2.05) is 39.8 Å². The van der Waals surface area contributed by atoms with Crippen molar-refractivity contribution in [2.24, 2.45) is 0 Å². The zero-order chi connectivity index (χ0) is 15.4. The molecule has 0 aliphatic carbocycles. The van der Waals surface area contributed by atoms with E-state index >= 15 is 0 Å². The lowest BCUT2D eigenvalue weighted by Crippen LogP contribution is -2.10. The SMILES string of the molecule is CCc1nnc(C)cc1C(=O)c1cccc(OC(C)C)c1. The van der Waals surface area contributed by atoms with Gasteiger partial charge in [0, 0.05) is 11.1 Å². The highest BCUT2D eigenvalue weighted by molar-refractivity contribution is 6.09. The minimum absolute atomic E-state index is 0.0425. The summed E-state index contributed by atoms with van der Waals surface area (Å²) in [6, 6.07) is 9.05. The van der Waals surface area contributed by atoms with Gasteiger partial charge in [0.25, 0.3) is 0 Å². The second-order valence-corrected chi connectivity index (χ2v) is 5.22. The first-order valence-corrected chi connectivity index (χ1v) is 7.16. The van der Waals surface area contributed by atoms with Crippen LogP contribution < -0.4 is 4.74 Å². The molecule has 0 amide bonds. The van der Waals surface area contributed by atoms with Crippen molar-refractivity contribution in [3.05, 3.63) is 52.8 Å². The molecule has 0 fully saturated rings. The monoisotopic (exact) mass is 284 g/mol. The number of hydrogen-bond acceptors (Lipinski definition) is 4. The smallest absolute Gasteiger partial charge is 0.195 e. The molecular weight excluding hydrogens is 264 g/mol. The number of aromatic nitrogens is 2. The Morgan fingerprint density at radius 2 is 2.00 bits per heavy atom. The lowest BCUT2D eigenvalue weighted by Gasteiger charge is -2.11. The Balaban J connectivity index is 2.38. The number of benzene rings is 1. The highest BCUT2D eigenvalue weighted by Crippen LogP contribution is 2.19. The van der Waals surface area contributed by atoms with Crippen LogP contribution in [0.4, 0.5) is 0 Å². The predicted molar refractivity (Wildman–Crippen MR) is 81.8 cm³/mol. The van der Waals surface area contributed by atoms with Gasteiger partial charge in [-0.05, 0) is 45.4 Å². The van der Waals surface area contributed by atoms with Crippen LogP contribution in [0, 0.1) is 6.92 Å². The van der Waals surface area contributed by atoms with Crippen molar-refractivity contribution in [3.8, 4) is 5.75 Å². The lowest BCUT2D eigenvalue weighted by atomic mass is 10.0. The molecule has 0 N–H and O–H groups in total. The first-order valence-electron chi connectivity index (χ1n) is 7.16. The van der Waals surface area contributed by atoms with Crippen molar-refractivity contribution in [3.63, 3.8) is 0 Å². The van der Waals surface area contributed by atoms with Crippen LogP contribution >= 0.6 is 0 Å². The van der Waals surface area contributed by atoms with Crippen LogP contribution in [0.5, 0.6) is 5.75 Å². The third-order valence-electron chi connectivity index (χ3n) is 3.04. The normalized spacial score (nSPS) is 10.7. The largest absolute Gasteiger partial charge is 0.491 e. The number of nitrogens with zero attached hydrogens (tertiary/aromatic N) is 2. The first kappa shape index (κ1) is 15.2. The van der Waals surface area contributed by atoms with Crippen molar-refractivity contribution in [1.82, 2.24) is 10.2 Å². The third kappa shape index (κ3) is 3.66. The quantitative estimate of drug-likeness (QED) is 0.790. The molecule has 1 aromatic carbocycles. The van der Waals surface area contributed by atoms with Gasteiger partial charge >= 0.3 is 0 Å². The molecule has 2 aromatic rings. The van der Waals surface area contributed by atoms with E-state index in [9.17, 15) is 4.79 Å². The van der Waals surface area contributed by atoms with Crippen molar-refractivity contribution in [1.29, 1.82) is 0 Å². The Morgan fingerprint density at radius 3 is 2.67 bits per heavy atom. The minimum atomic E-state index is -0.0425. The lowest BCUT2D eigenvalue weighted by molar-refractivity contribution is 0.103. The Hall–Kier alpha value is -2.23. The average Bonchev–Trinajstić information content (AvgIpc) is 2.46. The molecule has 0 bridgehead atoms. The number of rotatable bonds is 5. The van der Waals surface area contributed by atoms with E-state index in [1.54, 1.807) is 18.2 Å². The number of hydrogen-bond donors (Lipinski definition) is 0. The summed E-state index contributed by atoms with van der Waals surface area (Å²) in [6.45, 7) is 7.72. The van der Waals surface area contributed by atoms with Gasteiger partial charge in [-0.2, -0.15) is 10.2 Å². The Labute approximate surface area is 125 Å². The standard InChI is InChI=1S/C17H20N2O2/c1-5-16-15(9-12(4)18-19-16)17(20)13-7-6-8-14(10-13)21-11(2)3/h6-11H,5H2,1-4H3. The minimum Gasteiger partial charge on any atom is -0.491 e. The van der Waals surface area contributed by atoms with Gasteiger partial charge < -0.3 is 4.74 Å². The number of carbonyl (C=O) groups excluding carboxylic acids is 1. The van der Waals surface area contributed by atoms with E-state index in [2.05, 4.69) is 10.2 Å². The van der Waals surface area contributed by atoms with Gasteiger partial charge in [-0.25, -0.2) is 0 Å². The van der Waals surface area contributed by atoms with Crippen molar-refractivity contribution >= 4 is 5.78 Å². The molecule has 0 atom stereocenters. The summed E-state index contributed by atoms with van der Waals surface area (Å²) in [4.78, 5) is 12.7. The molecule has 4 nitrogen and oxygen atoms in total. The molecule has 0 saturated carbocycles. The van der Waals surface area contributed by atoms with Gasteiger partial charge in [0.05, 0.1) is 17.5 Å². The molecule has 4 heteroatoms. The summed E-state index contributed by atoms with van der Waals surface area (Å²) >= 11 is 0. The maximum atomic E-state index is 12.7. The van der Waals surface area contributed by atoms with Gasteiger partial charge in [-0.3, -0.25) is 4.79 Å². The summed E-state index contributed by atoms with van der Waals surface area (Å²) in [5.74, 6) is 0.659. The molecular formula is C17H20N2O2. The zero-order valence-corrected chi connectivity index (χ0v) is 12.9. The highest BCUT2D eigenvalue weighted by atomic mass is 16.5. The van der Waals surface area contributed by atoms with Gasteiger partial charge in [0.15, 0.2) is 5.78 Å². The van der Waals surface area contributed by atoms with Gasteiger partial charge in [-0.1, -0.05) is 19.1 Å². The Morgan fingerprint density at radius 1 is 1.24 bits per heavy atom. The van der Waals surface area contributed by atoms with Crippen LogP contribution in [0.2, 0.25) is 0 Å². The summed E-state index contributed by atoms with van der Waals surface area (Å²) in [5.41, 5.74) is 2.69. The van der Waals surface area contributed by atoms with Crippen LogP contribution in [0.15, 0.2) is 30.3 Å². The van der Waals surface area contributed by atoms with Crippen molar-refractivity contribution in [2.45, 2.75) is 40.2 Å². The summed E-state index contributed by atoms with van der Waals surface area (Å²) in [7, 11) is 0. The molecule has 2 rings (SSSR count). The Bertz CT molecular complexity index is 651. The van der Waals surface area contributed by atoms with Crippen molar-refractivity contribution < 1.29 is 9.53 Å². The van der Waals surface area contributed by atoms with E-state index in [1.165, 1.54) is 0 Å². The molecule has 0 spiro atoms. The molecule has 0 aliphatic heterocycles. The number of ketones is 1. The second kappa shape index (κ2) is 6.48. The maximum Gasteiger partial charge on any atom is 0.195 e. The van der Waals surface area contributed by atoms with E-state index in [0.29, 0.717) is 23.3 Å². The number of aryl methyl sites for hydroxylation is 2. The first-order chi connectivity index (χ1) is 10.0. The van der Waals surface area contributed by atoms with E-state index in [0.717, 1.165) is 11.4 Å². The van der Waals surface area contributed by atoms with Crippen LogP contribution in [-0.2, 0) is 6.42 Å². The molecule has 0 radical (unpaired) electrons. The third-order valence-corrected chi connectivity index (χ3v) is 3.04. The fraction of sp³-hybridized carbons (Fsp3) is 0.353. The van der Waals surface area contributed by atoms with E-state index < -0.39 is 0 Å². The topological polar surface area (TPSA) is 52.1 Å². The van der Waals surface area contributed by atoms with Crippen molar-refractivity contribution in [2.75, 3.05) is 0 Å². The zero-order valence-electron chi connectivity index (χ0n) is 12.9. The Kier molecular flexibility index (Phi) is 4.68. The fourth-order valence-corrected chi connectivity index (χ4v) is 2.11. The van der Waals surface area contributed by atoms with E-state index in [4.69, 9.17) is 4.74 Å². The average molecular weight is 284 g/mol. The van der Waals surface area contributed by atoms with Gasteiger partial charge in [0.2, 0.25) is 0 Å². The molecule has 1 heterocycles. The second-order valence-electron chi connectivity index (χ2n) is 5.22. The fourth-order valence-electron chi connectivity index (χ4n) is 2.11. The summed E-state index contributed by atoms with van der Waals surface area (Å²) in [6.07, 6.45) is 0.752. The molecule has 1 aromatic heterocycles. The molecule has 0 aliphatic rings.